The van der Waals surface area contributed by atoms with Gasteiger partial charge in [0.05, 0.1) is 12.2 Å². The summed E-state index contributed by atoms with van der Waals surface area (Å²) < 4.78 is 5.43. The van der Waals surface area contributed by atoms with Crippen LogP contribution in [0.25, 0.3) is 0 Å². The third kappa shape index (κ3) is 2.58. The summed E-state index contributed by atoms with van der Waals surface area (Å²) in [5.74, 6) is 0.692. The Kier molecular flexibility index (Phi) is 3.50. The lowest BCUT2D eigenvalue weighted by molar-refractivity contribution is 0.111. The fourth-order valence-electron chi connectivity index (χ4n) is 1.08. The average Bonchev–Trinajstić information content (AvgIpc) is 2.15. The molecule has 2 heteroatoms. The molecule has 0 aliphatic carbocycles. The maximum absolute atomic E-state index is 10.6. The molecule has 0 unspecified atom stereocenters. The van der Waals surface area contributed by atoms with Crippen molar-refractivity contribution in [2.45, 2.75) is 20.3 Å². The van der Waals surface area contributed by atoms with Gasteiger partial charge in [-0.3, -0.25) is 4.79 Å². The molecule has 0 aromatic heterocycles. The molecule has 0 bridgehead atoms. The summed E-state index contributed by atoms with van der Waals surface area (Å²) in [4.78, 5) is 10.6. The zero-order chi connectivity index (χ0) is 9.68. The van der Waals surface area contributed by atoms with Crippen molar-refractivity contribution in [3.8, 4) is 5.75 Å². The number of hydrogen-bond acceptors (Lipinski definition) is 2. The fourth-order valence-corrected chi connectivity index (χ4v) is 1.08. The summed E-state index contributed by atoms with van der Waals surface area (Å²) in [6, 6.07) is 5.58. The zero-order valence-corrected chi connectivity index (χ0v) is 8.04. The SMILES string of the molecule is CCCOc1cc(C)ccc1C=O. The molecule has 1 aromatic carbocycles. The van der Waals surface area contributed by atoms with Crippen LogP contribution in [-0.2, 0) is 0 Å². The second kappa shape index (κ2) is 4.65. The molecule has 0 radical (unpaired) electrons. The van der Waals surface area contributed by atoms with E-state index in [1.807, 2.05) is 26.0 Å². The van der Waals surface area contributed by atoms with E-state index in [9.17, 15) is 4.79 Å². The van der Waals surface area contributed by atoms with E-state index in [2.05, 4.69) is 0 Å². The number of ether oxygens (including phenoxy) is 1. The van der Waals surface area contributed by atoms with Gasteiger partial charge in [-0.25, -0.2) is 0 Å². The summed E-state index contributed by atoms with van der Waals surface area (Å²) in [6.45, 7) is 4.67. The lowest BCUT2D eigenvalue weighted by Crippen LogP contribution is -1.98. The quantitative estimate of drug-likeness (QED) is 0.662. The molecule has 0 aliphatic rings. The number of carbonyl (C=O) groups excluding carboxylic acids is 1. The molecule has 13 heavy (non-hydrogen) atoms. The van der Waals surface area contributed by atoms with E-state index in [0.717, 1.165) is 18.3 Å². The number of carbonyl (C=O) groups is 1. The Bertz CT molecular complexity index is 292. The van der Waals surface area contributed by atoms with Crippen molar-refractivity contribution in [3.63, 3.8) is 0 Å². The Balaban J connectivity index is 2.87. The minimum absolute atomic E-state index is 0.624. The van der Waals surface area contributed by atoms with E-state index in [1.165, 1.54) is 0 Å². The summed E-state index contributed by atoms with van der Waals surface area (Å²) >= 11 is 0. The first-order valence-corrected chi connectivity index (χ1v) is 4.46. The molecule has 0 fully saturated rings. The predicted molar refractivity (Wildman–Crippen MR) is 52.4 cm³/mol. The number of hydrogen-bond donors (Lipinski definition) is 0. The standard InChI is InChI=1S/C11H14O2/c1-3-6-13-11-7-9(2)4-5-10(11)8-12/h4-5,7-8H,3,6H2,1-2H3. The second-order valence-electron chi connectivity index (χ2n) is 3.01. The molecule has 70 valence electrons. The molecule has 0 N–H and O–H groups in total. The fraction of sp³-hybridized carbons (Fsp3) is 0.364. The molecule has 1 aromatic rings. The number of aryl methyl sites for hydroxylation is 1. The summed E-state index contributed by atoms with van der Waals surface area (Å²) in [5, 5.41) is 0. The van der Waals surface area contributed by atoms with Crippen molar-refractivity contribution in [2.24, 2.45) is 0 Å². The Morgan fingerprint density at radius 2 is 2.23 bits per heavy atom. The topological polar surface area (TPSA) is 26.3 Å². The molecule has 2 nitrogen and oxygen atoms in total. The lowest BCUT2D eigenvalue weighted by atomic mass is 10.1. The summed E-state index contributed by atoms with van der Waals surface area (Å²) in [5.41, 5.74) is 1.73. The van der Waals surface area contributed by atoms with E-state index in [1.54, 1.807) is 6.07 Å². The van der Waals surface area contributed by atoms with Gasteiger partial charge in [0.1, 0.15) is 5.75 Å². The van der Waals surface area contributed by atoms with Gasteiger partial charge >= 0.3 is 0 Å². The summed E-state index contributed by atoms with van der Waals surface area (Å²) in [7, 11) is 0. The van der Waals surface area contributed by atoms with Gasteiger partial charge in [0.15, 0.2) is 6.29 Å². The van der Waals surface area contributed by atoms with Crippen LogP contribution < -0.4 is 4.74 Å². The Morgan fingerprint density at radius 1 is 1.46 bits per heavy atom. The largest absolute Gasteiger partial charge is 0.493 e. The predicted octanol–water partition coefficient (Wildman–Crippen LogP) is 2.60. The van der Waals surface area contributed by atoms with Crippen LogP contribution in [0.3, 0.4) is 0 Å². The molecule has 0 atom stereocenters. The first-order chi connectivity index (χ1) is 6.27. The van der Waals surface area contributed by atoms with Crippen LogP contribution in [0.2, 0.25) is 0 Å². The average molecular weight is 178 g/mol. The molecule has 0 spiro atoms. The van der Waals surface area contributed by atoms with Crippen LogP contribution in [-0.4, -0.2) is 12.9 Å². The first-order valence-electron chi connectivity index (χ1n) is 4.46. The monoisotopic (exact) mass is 178 g/mol. The van der Waals surface area contributed by atoms with Crippen molar-refractivity contribution in [2.75, 3.05) is 6.61 Å². The van der Waals surface area contributed by atoms with E-state index in [0.29, 0.717) is 17.9 Å². The molecule has 0 amide bonds. The van der Waals surface area contributed by atoms with Gasteiger partial charge in [0.25, 0.3) is 0 Å². The molecular weight excluding hydrogens is 164 g/mol. The normalized spacial score (nSPS) is 9.69. The maximum atomic E-state index is 10.6. The molecule has 0 saturated heterocycles. The highest BCUT2D eigenvalue weighted by molar-refractivity contribution is 5.79. The van der Waals surface area contributed by atoms with Crippen LogP contribution >= 0.6 is 0 Å². The molecule has 0 heterocycles. The van der Waals surface area contributed by atoms with E-state index in [-0.39, 0.29) is 0 Å². The van der Waals surface area contributed by atoms with Crippen LogP contribution in [0.15, 0.2) is 18.2 Å². The zero-order valence-electron chi connectivity index (χ0n) is 8.04. The van der Waals surface area contributed by atoms with Gasteiger partial charge in [-0.1, -0.05) is 13.0 Å². The minimum atomic E-state index is 0.624. The molecular formula is C11H14O2. The highest BCUT2D eigenvalue weighted by Crippen LogP contribution is 2.18. The summed E-state index contributed by atoms with van der Waals surface area (Å²) in [6.07, 6.45) is 1.77. The highest BCUT2D eigenvalue weighted by atomic mass is 16.5. The van der Waals surface area contributed by atoms with Crippen LogP contribution in [0, 0.1) is 6.92 Å². The lowest BCUT2D eigenvalue weighted by Gasteiger charge is -2.07. The van der Waals surface area contributed by atoms with Crippen molar-refractivity contribution in [3.05, 3.63) is 29.3 Å². The number of benzene rings is 1. The van der Waals surface area contributed by atoms with Crippen molar-refractivity contribution in [1.29, 1.82) is 0 Å². The van der Waals surface area contributed by atoms with E-state index >= 15 is 0 Å². The Hall–Kier alpha value is -1.31. The van der Waals surface area contributed by atoms with Crippen molar-refractivity contribution >= 4 is 6.29 Å². The van der Waals surface area contributed by atoms with Gasteiger partial charge in [-0.05, 0) is 31.0 Å². The third-order valence-corrected chi connectivity index (χ3v) is 1.76. The third-order valence-electron chi connectivity index (χ3n) is 1.76. The first kappa shape index (κ1) is 9.78. The minimum Gasteiger partial charge on any atom is -0.493 e. The van der Waals surface area contributed by atoms with Gasteiger partial charge in [0, 0.05) is 0 Å². The van der Waals surface area contributed by atoms with Crippen molar-refractivity contribution < 1.29 is 9.53 Å². The number of aldehydes is 1. The van der Waals surface area contributed by atoms with Gasteiger partial charge in [0.2, 0.25) is 0 Å². The Morgan fingerprint density at radius 3 is 2.85 bits per heavy atom. The molecule has 0 saturated carbocycles. The van der Waals surface area contributed by atoms with Gasteiger partial charge in [-0.15, -0.1) is 0 Å². The van der Waals surface area contributed by atoms with Gasteiger partial charge in [-0.2, -0.15) is 0 Å². The van der Waals surface area contributed by atoms with E-state index < -0.39 is 0 Å². The maximum Gasteiger partial charge on any atom is 0.153 e. The van der Waals surface area contributed by atoms with Crippen LogP contribution in [0.4, 0.5) is 0 Å². The number of rotatable bonds is 4. The van der Waals surface area contributed by atoms with Gasteiger partial charge < -0.3 is 4.74 Å². The Labute approximate surface area is 78.5 Å². The van der Waals surface area contributed by atoms with Crippen LogP contribution in [0.5, 0.6) is 5.75 Å². The van der Waals surface area contributed by atoms with Crippen molar-refractivity contribution in [1.82, 2.24) is 0 Å². The molecule has 1 rings (SSSR count). The van der Waals surface area contributed by atoms with E-state index in [4.69, 9.17) is 4.74 Å². The highest BCUT2D eigenvalue weighted by Gasteiger charge is 2.01. The molecule has 0 aliphatic heterocycles. The second-order valence-corrected chi connectivity index (χ2v) is 3.01. The smallest absolute Gasteiger partial charge is 0.153 e. The van der Waals surface area contributed by atoms with Crippen LogP contribution in [0.1, 0.15) is 29.3 Å².